The molecule has 0 radical (unpaired) electrons. The average molecular weight is 475 g/mol. The lowest BCUT2D eigenvalue weighted by Gasteiger charge is -2.15. The van der Waals surface area contributed by atoms with Crippen LogP contribution in [-0.2, 0) is 0 Å². The fraction of sp³-hybridized carbons (Fsp3) is 0. The minimum Gasteiger partial charge on any atom is -0.351 e. The van der Waals surface area contributed by atoms with Crippen LogP contribution >= 0.6 is 22.6 Å². The van der Waals surface area contributed by atoms with E-state index in [1.807, 2.05) is 22.6 Å². The van der Waals surface area contributed by atoms with E-state index < -0.39 is 5.82 Å². The van der Waals surface area contributed by atoms with E-state index in [2.05, 4.69) is 25.7 Å². The summed E-state index contributed by atoms with van der Waals surface area (Å²) in [5, 5.41) is 13.5. The van der Waals surface area contributed by atoms with Gasteiger partial charge in [-0.25, -0.2) is 8.78 Å². The topological polar surface area (TPSA) is 66.5 Å². The first kappa shape index (κ1) is 17.5. The fourth-order valence-corrected chi connectivity index (χ4v) is 3.23. The van der Waals surface area contributed by atoms with Gasteiger partial charge in [-0.05, 0) is 46.9 Å². The summed E-state index contributed by atoms with van der Waals surface area (Å²) in [6.45, 7) is 0. The van der Waals surface area contributed by atoms with E-state index in [9.17, 15) is 8.78 Å². The van der Waals surface area contributed by atoms with Crippen molar-refractivity contribution in [2.24, 2.45) is 0 Å². The van der Waals surface area contributed by atoms with Crippen LogP contribution < -0.4 is 5.32 Å². The Kier molecular flexibility index (Phi) is 4.80. The zero-order chi connectivity index (χ0) is 18.8. The summed E-state index contributed by atoms with van der Waals surface area (Å²) >= 11 is 2.04. The van der Waals surface area contributed by atoms with Crippen LogP contribution in [0.15, 0.2) is 61.1 Å². The summed E-state index contributed by atoms with van der Waals surface area (Å²) < 4.78 is 29.5. The van der Waals surface area contributed by atoms with Gasteiger partial charge in [-0.3, -0.25) is 10.1 Å². The number of rotatable bonds is 4. The molecule has 5 nitrogen and oxygen atoms in total. The largest absolute Gasteiger partial charge is 0.351 e. The molecular formula is C19H12F2IN5. The lowest BCUT2D eigenvalue weighted by atomic mass is 9.98. The lowest BCUT2D eigenvalue weighted by Crippen LogP contribution is -2.00. The Labute approximate surface area is 167 Å². The van der Waals surface area contributed by atoms with Crippen LogP contribution in [0, 0.1) is 15.2 Å². The zero-order valence-corrected chi connectivity index (χ0v) is 15.9. The Bertz CT molecular complexity index is 1100. The highest BCUT2D eigenvalue weighted by molar-refractivity contribution is 14.1. The summed E-state index contributed by atoms with van der Waals surface area (Å²) in [6.07, 6.45) is 4.69. The number of nitrogens with zero attached hydrogens (tertiary/aromatic N) is 3. The quantitative estimate of drug-likeness (QED) is 0.401. The Balaban J connectivity index is 1.90. The third kappa shape index (κ3) is 3.52. The van der Waals surface area contributed by atoms with E-state index in [0.29, 0.717) is 28.1 Å². The Hall–Kier alpha value is -2.88. The lowest BCUT2D eigenvalue weighted by molar-refractivity contribution is 0.630. The maximum Gasteiger partial charge on any atom is 0.147 e. The molecule has 4 rings (SSSR count). The smallest absolute Gasteiger partial charge is 0.147 e. The molecule has 0 aliphatic carbocycles. The van der Waals surface area contributed by atoms with Crippen LogP contribution in [0.3, 0.4) is 0 Å². The van der Waals surface area contributed by atoms with Crippen molar-refractivity contribution in [2.75, 3.05) is 5.32 Å². The van der Waals surface area contributed by atoms with Crippen molar-refractivity contribution >= 4 is 34.0 Å². The van der Waals surface area contributed by atoms with Crippen molar-refractivity contribution in [1.82, 2.24) is 20.4 Å². The molecule has 27 heavy (non-hydrogen) atoms. The third-order valence-corrected chi connectivity index (χ3v) is 4.65. The van der Waals surface area contributed by atoms with E-state index in [0.717, 1.165) is 3.57 Å². The monoisotopic (exact) mass is 475 g/mol. The molecule has 2 N–H and O–H groups in total. The zero-order valence-electron chi connectivity index (χ0n) is 13.7. The van der Waals surface area contributed by atoms with Crippen molar-refractivity contribution in [3.8, 4) is 22.4 Å². The molecule has 0 spiro atoms. The van der Waals surface area contributed by atoms with Gasteiger partial charge in [-0.15, -0.1) is 5.10 Å². The molecular weight excluding hydrogens is 463 g/mol. The van der Waals surface area contributed by atoms with Crippen LogP contribution in [0.4, 0.5) is 20.2 Å². The highest BCUT2D eigenvalue weighted by atomic mass is 127. The standard InChI is InChI=1S/C19H12F2IN5/c20-14-4-2-1-3-12(14)13-8-23-9-17(19(13)18-10-24-27-26-18)25-16-6-5-11(22)7-15(16)21/h1-10,25H,(H,24,26,27). The molecule has 0 amide bonds. The van der Waals surface area contributed by atoms with E-state index in [1.165, 1.54) is 12.1 Å². The number of aromatic amines is 1. The molecule has 0 unspecified atom stereocenters. The molecule has 2 aromatic carbocycles. The Morgan fingerprint density at radius 1 is 0.926 bits per heavy atom. The van der Waals surface area contributed by atoms with Crippen LogP contribution in [0.5, 0.6) is 0 Å². The van der Waals surface area contributed by atoms with Gasteiger partial charge in [0.1, 0.15) is 17.3 Å². The number of hydrogen-bond donors (Lipinski definition) is 2. The van der Waals surface area contributed by atoms with Crippen molar-refractivity contribution in [1.29, 1.82) is 0 Å². The van der Waals surface area contributed by atoms with Crippen molar-refractivity contribution in [3.63, 3.8) is 0 Å². The highest BCUT2D eigenvalue weighted by Crippen LogP contribution is 2.38. The minimum atomic E-state index is -0.399. The number of halogens is 3. The van der Waals surface area contributed by atoms with Crippen LogP contribution in [0.2, 0.25) is 0 Å². The van der Waals surface area contributed by atoms with Crippen molar-refractivity contribution in [3.05, 3.63) is 76.3 Å². The van der Waals surface area contributed by atoms with Crippen molar-refractivity contribution < 1.29 is 8.78 Å². The average Bonchev–Trinajstić information content (AvgIpc) is 3.18. The SMILES string of the molecule is Fc1cc(I)ccc1Nc1cncc(-c2ccccc2F)c1-c1c[nH]nn1. The number of hydrogen-bond acceptors (Lipinski definition) is 4. The van der Waals surface area contributed by atoms with Gasteiger partial charge in [0, 0.05) is 26.5 Å². The molecule has 0 atom stereocenters. The number of nitrogens with one attached hydrogen (secondary N) is 2. The molecule has 2 heterocycles. The number of benzene rings is 2. The molecule has 4 aromatic rings. The molecule has 0 saturated heterocycles. The predicted molar refractivity (Wildman–Crippen MR) is 107 cm³/mol. The Morgan fingerprint density at radius 2 is 1.78 bits per heavy atom. The first-order valence-electron chi connectivity index (χ1n) is 7.95. The third-order valence-electron chi connectivity index (χ3n) is 3.98. The molecule has 0 fully saturated rings. The summed E-state index contributed by atoms with van der Waals surface area (Å²) in [6, 6.07) is 11.2. The molecule has 0 aliphatic rings. The molecule has 8 heteroatoms. The van der Waals surface area contributed by atoms with Gasteiger partial charge in [-0.2, -0.15) is 0 Å². The second-order valence-electron chi connectivity index (χ2n) is 5.70. The molecule has 0 bridgehead atoms. The normalized spacial score (nSPS) is 10.8. The van der Waals surface area contributed by atoms with Gasteiger partial charge < -0.3 is 5.32 Å². The van der Waals surface area contributed by atoms with Gasteiger partial charge in [0.15, 0.2) is 0 Å². The highest BCUT2D eigenvalue weighted by Gasteiger charge is 2.18. The predicted octanol–water partition coefficient (Wildman–Crippen LogP) is 5.16. The summed E-state index contributed by atoms with van der Waals surface area (Å²) in [5.74, 6) is -0.786. The van der Waals surface area contributed by atoms with E-state index in [4.69, 9.17) is 0 Å². The molecule has 134 valence electrons. The number of anilines is 2. The van der Waals surface area contributed by atoms with Crippen LogP contribution in [-0.4, -0.2) is 20.4 Å². The van der Waals surface area contributed by atoms with Gasteiger partial charge in [0.05, 0.1) is 23.8 Å². The summed E-state index contributed by atoms with van der Waals surface area (Å²) in [4.78, 5) is 4.20. The van der Waals surface area contributed by atoms with Crippen LogP contribution in [0.1, 0.15) is 0 Å². The van der Waals surface area contributed by atoms with E-state index >= 15 is 0 Å². The van der Waals surface area contributed by atoms with E-state index in [1.54, 1.807) is 48.9 Å². The second-order valence-corrected chi connectivity index (χ2v) is 6.94. The van der Waals surface area contributed by atoms with Gasteiger partial charge in [0.25, 0.3) is 0 Å². The first-order chi connectivity index (χ1) is 13.1. The summed E-state index contributed by atoms with van der Waals surface area (Å²) in [7, 11) is 0. The molecule has 0 aliphatic heterocycles. The number of H-pyrrole nitrogens is 1. The van der Waals surface area contributed by atoms with Gasteiger partial charge in [0.2, 0.25) is 0 Å². The Morgan fingerprint density at radius 3 is 2.52 bits per heavy atom. The molecule has 0 saturated carbocycles. The van der Waals surface area contributed by atoms with E-state index in [-0.39, 0.29) is 11.5 Å². The molecule has 2 aromatic heterocycles. The van der Waals surface area contributed by atoms with Gasteiger partial charge >= 0.3 is 0 Å². The number of pyridine rings is 1. The number of aromatic nitrogens is 4. The maximum atomic E-state index is 14.4. The summed E-state index contributed by atoms with van der Waals surface area (Å²) in [5.41, 5.74) is 2.73. The fourth-order valence-electron chi connectivity index (χ4n) is 2.77. The second kappa shape index (κ2) is 7.39. The minimum absolute atomic E-state index is 0.285. The van der Waals surface area contributed by atoms with Crippen molar-refractivity contribution in [2.45, 2.75) is 0 Å². The van der Waals surface area contributed by atoms with Crippen LogP contribution in [0.25, 0.3) is 22.4 Å². The maximum absolute atomic E-state index is 14.4. The first-order valence-corrected chi connectivity index (χ1v) is 9.03. The van der Waals surface area contributed by atoms with Gasteiger partial charge in [-0.1, -0.05) is 23.4 Å².